The Hall–Kier alpha value is -2.63. The van der Waals surface area contributed by atoms with Gasteiger partial charge in [0.15, 0.2) is 0 Å². The number of rotatable bonds is 2. The van der Waals surface area contributed by atoms with Crippen molar-refractivity contribution in [1.29, 1.82) is 0 Å². The van der Waals surface area contributed by atoms with Crippen LogP contribution in [0.1, 0.15) is 34.3 Å². The van der Waals surface area contributed by atoms with Crippen LogP contribution in [0.2, 0.25) is 0 Å². The number of aromatic nitrogens is 2. The summed E-state index contributed by atoms with van der Waals surface area (Å²) in [6.07, 6.45) is 5.36. The molecule has 3 rings (SSSR count). The van der Waals surface area contributed by atoms with Crippen LogP contribution in [-0.2, 0) is 19.9 Å². The standard InChI is InChI=1S/C16H17N3O3/c1-19-15(21)12(9-17-16(19)22)14(20)18-13-8-4-6-10-5-2-3-7-11(10)13/h4,6,8-9H,2-3,5,7H2,1H3,(H,17,22)(H,18,20). The van der Waals surface area contributed by atoms with E-state index in [1.807, 2.05) is 12.1 Å². The lowest BCUT2D eigenvalue weighted by atomic mass is 9.90. The first kappa shape index (κ1) is 14.3. The van der Waals surface area contributed by atoms with E-state index in [4.69, 9.17) is 0 Å². The number of amides is 1. The van der Waals surface area contributed by atoms with Crippen molar-refractivity contribution in [2.45, 2.75) is 25.7 Å². The van der Waals surface area contributed by atoms with E-state index < -0.39 is 17.2 Å². The zero-order chi connectivity index (χ0) is 15.7. The maximum atomic E-state index is 12.3. The van der Waals surface area contributed by atoms with E-state index in [1.54, 1.807) is 0 Å². The number of H-pyrrole nitrogens is 1. The molecule has 114 valence electrons. The van der Waals surface area contributed by atoms with Crippen LogP contribution in [0.15, 0.2) is 34.0 Å². The molecule has 0 aliphatic heterocycles. The van der Waals surface area contributed by atoms with E-state index in [2.05, 4.69) is 16.4 Å². The van der Waals surface area contributed by atoms with Gasteiger partial charge in [-0.3, -0.25) is 14.2 Å². The highest BCUT2D eigenvalue weighted by Gasteiger charge is 2.17. The average Bonchev–Trinajstić information content (AvgIpc) is 2.53. The Kier molecular flexibility index (Phi) is 3.66. The molecule has 0 spiro atoms. The van der Waals surface area contributed by atoms with Gasteiger partial charge in [0.1, 0.15) is 5.56 Å². The summed E-state index contributed by atoms with van der Waals surface area (Å²) >= 11 is 0. The first-order valence-electron chi connectivity index (χ1n) is 7.29. The van der Waals surface area contributed by atoms with Crippen LogP contribution in [0.5, 0.6) is 0 Å². The fourth-order valence-corrected chi connectivity index (χ4v) is 2.82. The summed E-state index contributed by atoms with van der Waals surface area (Å²) in [7, 11) is 1.34. The van der Waals surface area contributed by atoms with Crippen molar-refractivity contribution in [2.24, 2.45) is 7.05 Å². The number of aromatic amines is 1. The molecule has 6 heteroatoms. The summed E-state index contributed by atoms with van der Waals surface area (Å²) < 4.78 is 0.884. The van der Waals surface area contributed by atoms with Crippen molar-refractivity contribution in [1.82, 2.24) is 9.55 Å². The molecule has 1 aromatic carbocycles. The fourth-order valence-electron chi connectivity index (χ4n) is 2.82. The van der Waals surface area contributed by atoms with Gasteiger partial charge < -0.3 is 10.3 Å². The van der Waals surface area contributed by atoms with Gasteiger partial charge in [0, 0.05) is 18.9 Å². The predicted molar refractivity (Wildman–Crippen MR) is 83.3 cm³/mol. The van der Waals surface area contributed by atoms with Crippen LogP contribution in [-0.4, -0.2) is 15.5 Å². The Morgan fingerprint density at radius 3 is 2.82 bits per heavy atom. The lowest BCUT2D eigenvalue weighted by Gasteiger charge is -2.19. The van der Waals surface area contributed by atoms with Gasteiger partial charge >= 0.3 is 5.69 Å². The Morgan fingerprint density at radius 1 is 1.23 bits per heavy atom. The van der Waals surface area contributed by atoms with Gasteiger partial charge in [-0.25, -0.2) is 4.79 Å². The summed E-state index contributed by atoms with van der Waals surface area (Å²) in [5, 5.41) is 2.80. The highest BCUT2D eigenvalue weighted by atomic mass is 16.2. The second kappa shape index (κ2) is 5.63. The Bertz CT molecular complexity index is 848. The molecule has 0 saturated heterocycles. The van der Waals surface area contributed by atoms with Crippen molar-refractivity contribution in [2.75, 3.05) is 5.32 Å². The maximum Gasteiger partial charge on any atom is 0.328 e. The number of carbonyl (C=O) groups excluding carboxylic acids is 1. The van der Waals surface area contributed by atoms with Gasteiger partial charge in [-0.2, -0.15) is 0 Å². The van der Waals surface area contributed by atoms with Crippen LogP contribution >= 0.6 is 0 Å². The minimum Gasteiger partial charge on any atom is -0.322 e. The van der Waals surface area contributed by atoms with E-state index >= 15 is 0 Å². The number of aryl methyl sites for hydroxylation is 1. The molecule has 0 fully saturated rings. The van der Waals surface area contributed by atoms with E-state index in [0.29, 0.717) is 0 Å². The molecular formula is C16H17N3O3. The second-order valence-corrected chi connectivity index (χ2v) is 5.48. The molecule has 2 N–H and O–H groups in total. The van der Waals surface area contributed by atoms with Crippen molar-refractivity contribution >= 4 is 11.6 Å². The summed E-state index contributed by atoms with van der Waals surface area (Å²) in [4.78, 5) is 38.1. The number of nitrogens with one attached hydrogen (secondary N) is 2. The van der Waals surface area contributed by atoms with E-state index in [9.17, 15) is 14.4 Å². The molecule has 1 aromatic heterocycles. The van der Waals surface area contributed by atoms with Crippen molar-refractivity contribution < 1.29 is 4.79 Å². The minimum atomic E-state index is -0.606. The largest absolute Gasteiger partial charge is 0.328 e. The van der Waals surface area contributed by atoms with Gasteiger partial charge in [0.25, 0.3) is 11.5 Å². The summed E-state index contributed by atoms with van der Waals surface area (Å²) in [5.74, 6) is -0.504. The lowest BCUT2D eigenvalue weighted by molar-refractivity contribution is 0.102. The number of nitrogens with zero attached hydrogens (tertiary/aromatic N) is 1. The van der Waals surface area contributed by atoms with Crippen LogP contribution in [0.25, 0.3) is 0 Å². The molecule has 1 amide bonds. The summed E-state index contributed by atoms with van der Waals surface area (Å²) in [5.41, 5.74) is 1.91. The SMILES string of the molecule is Cn1c(=O)[nH]cc(C(=O)Nc2cccc3c2CCCC3)c1=O. The number of fused-ring (bicyclic) bond motifs is 1. The molecule has 1 aliphatic rings. The monoisotopic (exact) mass is 299 g/mol. The first-order chi connectivity index (χ1) is 10.6. The lowest BCUT2D eigenvalue weighted by Crippen LogP contribution is -2.37. The van der Waals surface area contributed by atoms with Crippen molar-refractivity contribution in [3.05, 3.63) is 61.9 Å². The molecule has 0 bridgehead atoms. The van der Waals surface area contributed by atoms with E-state index in [1.165, 1.54) is 12.6 Å². The fraction of sp³-hybridized carbons (Fsp3) is 0.312. The molecule has 22 heavy (non-hydrogen) atoms. The molecule has 0 atom stereocenters. The van der Waals surface area contributed by atoms with E-state index in [-0.39, 0.29) is 5.56 Å². The normalized spacial score (nSPS) is 13.5. The van der Waals surface area contributed by atoms with E-state index in [0.717, 1.165) is 47.7 Å². The number of anilines is 1. The smallest absolute Gasteiger partial charge is 0.322 e. The third-order valence-electron chi connectivity index (χ3n) is 4.07. The van der Waals surface area contributed by atoms with Crippen molar-refractivity contribution in [3.8, 4) is 0 Å². The van der Waals surface area contributed by atoms with Gasteiger partial charge in [-0.15, -0.1) is 0 Å². The molecule has 6 nitrogen and oxygen atoms in total. The predicted octanol–water partition coefficient (Wildman–Crippen LogP) is 1.20. The Balaban J connectivity index is 1.94. The van der Waals surface area contributed by atoms with Crippen LogP contribution in [0.3, 0.4) is 0 Å². The molecule has 1 heterocycles. The number of carbonyl (C=O) groups is 1. The van der Waals surface area contributed by atoms with Crippen LogP contribution < -0.4 is 16.6 Å². The third kappa shape index (κ3) is 2.47. The molecule has 2 aromatic rings. The topological polar surface area (TPSA) is 84.0 Å². The maximum absolute atomic E-state index is 12.3. The summed E-state index contributed by atoms with van der Waals surface area (Å²) in [6, 6.07) is 5.83. The highest BCUT2D eigenvalue weighted by molar-refractivity contribution is 6.04. The number of hydrogen-bond acceptors (Lipinski definition) is 3. The van der Waals surface area contributed by atoms with Crippen LogP contribution in [0, 0.1) is 0 Å². The zero-order valence-electron chi connectivity index (χ0n) is 12.3. The Morgan fingerprint density at radius 2 is 2.00 bits per heavy atom. The molecule has 0 unspecified atom stereocenters. The van der Waals surface area contributed by atoms with Gasteiger partial charge in [0.05, 0.1) is 0 Å². The molecule has 0 radical (unpaired) electrons. The summed E-state index contributed by atoms with van der Waals surface area (Å²) in [6.45, 7) is 0. The Labute approximate surface area is 126 Å². The number of hydrogen-bond donors (Lipinski definition) is 2. The quantitative estimate of drug-likeness (QED) is 0.874. The van der Waals surface area contributed by atoms with Gasteiger partial charge in [0.2, 0.25) is 0 Å². The van der Waals surface area contributed by atoms with Gasteiger partial charge in [-0.1, -0.05) is 12.1 Å². The average molecular weight is 299 g/mol. The molecular weight excluding hydrogens is 282 g/mol. The van der Waals surface area contributed by atoms with Gasteiger partial charge in [-0.05, 0) is 42.9 Å². The van der Waals surface area contributed by atoms with Crippen LogP contribution in [0.4, 0.5) is 5.69 Å². The zero-order valence-corrected chi connectivity index (χ0v) is 12.3. The third-order valence-corrected chi connectivity index (χ3v) is 4.07. The second-order valence-electron chi connectivity index (χ2n) is 5.48. The molecule has 0 saturated carbocycles. The minimum absolute atomic E-state index is 0.0736. The van der Waals surface area contributed by atoms with Crippen molar-refractivity contribution in [3.63, 3.8) is 0 Å². The number of benzene rings is 1. The molecule has 1 aliphatic carbocycles. The first-order valence-corrected chi connectivity index (χ1v) is 7.29. The highest BCUT2D eigenvalue weighted by Crippen LogP contribution is 2.27.